The molecule has 184 valence electrons. The number of ketones is 3. The fourth-order valence-corrected chi connectivity index (χ4v) is 6.76. The van der Waals surface area contributed by atoms with Crippen LogP contribution in [0.4, 0.5) is 11.4 Å². The number of benzene rings is 3. The molecule has 1 N–H and O–H groups in total. The van der Waals surface area contributed by atoms with Gasteiger partial charge in [-0.1, -0.05) is 70.5 Å². The standard InChI is InChI=1S/C30H23BrN2O4/c1-16(34)27-26(18-10-12-19(31)13-11-18)30(28(36)20-6-3-4-7-21(20)29(30)37)25-15-14-22-23(32-17(2)35)8-5-9-24(22)33(25)27/h3-15,25-27H,1-2H3,(H,32,35)/t25-,26-,27-/m1/s1. The van der Waals surface area contributed by atoms with Crippen molar-refractivity contribution in [2.45, 2.75) is 31.8 Å². The van der Waals surface area contributed by atoms with Crippen LogP contribution in [0.15, 0.2) is 77.3 Å². The lowest BCUT2D eigenvalue weighted by atomic mass is 9.64. The normalized spacial score (nSPS) is 22.6. The van der Waals surface area contributed by atoms with Gasteiger partial charge in [0, 0.05) is 39.7 Å². The Labute approximate surface area is 222 Å². The van der Waals surface area contributed by atoms with Gasteiger partial charge in [-0.05, 0) is 36.8 Å². The molecule has 0 aromatic heterocycles. The highest BCUT2D eigenvalue weighted by Crippen LogP contribution is 2.61. The largest absolute Gasteiger partial charge is 0.352 e. The van der Waals surface area contributed by atoms with Gasteiger partial charge < -0.3 is 10.2 Å². The maximum Gasteiger partial charge on any atom is 0.221 e. The van der Waals surface area contributed by atoms with E-state index in [1.165, 1.54) is 13.8 Å². The highest BCUT2D eigenvalue weighted by atomic mass is 79.9. The highest BCUT2D eigenvalue weighted by Gasteiger charge is 2.71. The van der Waals surface area contributed by atoms with Gasteiger partial charge in [0.05, 0.1) is 17.8 Å². The van der Waals surface area contributed by atoms with Crippen LogP contribution in [0.3, 0.4) is 0 Å². The van der Waals surface area contributed by atoms with Crippen molar-refractivity contribution in [1.29, 1.82) is 0 Å². The van der Waals surface area contributed by atoms with E-state index in [9.17, 15) is 19.2 Å². The molecule has 1 saturated heterocycles. The third-order valence-electron chi connectivity index (χ3n) is 7.80. The van der Waals surface area contributed by atoms with Gasteiger partial charge >= 0.3 is 0 Å². The molecule has 0 unspecified atom stereocenters. The Hall–Kier alpha value is -3.84. The van der Waals surface area contributed by atoms with Crippen molar-refractivity contribution in [3.8, 4) is 0 Å². The molecule has 6 nitrogen and oxygen atoms in total. The Morgan fingerprint density at radius 1 is 0.892 bits per heavy atom. The molecule has 3 atom stereocenters. The molecule has 1 aliphatic carbocycles. The van der Waals surface area contributed by atoms with Gasteiger partial charge in [-0.25, -0.2) is 0 Å². The summed E-state index contributed by atoms with van der Waals surface area (Å²) in [4.78, 5) is 56.0. The number of rotatable bonds is 3. The number of anilines is 2. The van der Waals surface area contributed by atoms with Crippen molar-refractivity contribution in [1.82, 2.24) is 0 Å². The smallest absolute Gasteiger partial charge is 0.221 e. The molecular formula is C30H23BrN2O4. The van der Waals surface area contributed by atoms with Crippen LogP contribution in [0, 0.1) is 5.41 Å². The molecule has 1 spiro atoms. The Balaban J connectivity index is 1.65. The van der Waals surface area contributed by atoms with E-state index in [-0.39, 0.29) is 23.3 Å². The first-order valence-electron chi connectivity index (χ1n) is 12.1. The van der Waals surface area contributed by atoms with E-state index < -0.39 is 23.4 Å². The summed E-state index contributed by atoms with van der Waals surface area (Å²) in [5.74, 6) is -1.58. The van der Waals surface area contributed by atoms with E-state index in [1.807, 2.05) is 53.5 Å². The lowest BCUT2D eigenvalue weighted by Gasteiger charge is -2.37. The predicted octanol–water partition coefficient (Wildman–Crippen LogP) is 5.43. The maximum absolute atomic E-state index is 14.4. The Bertz CT molecular complexity index is 1510. The third-order valence-corrected chi connectivity index (χ3v) is 8.33. The lowest BCUT2D eigenvalue weighted by molar-refractivity contribution is -0.118. The second kappa shape index (κ2) is 8.35. The van der Waals surface area contributed by atoms with Gasteiger partial charge in [0.25, 0.3) is 0 Å². The summed E-state index contributed by atoms with van der Waals surface area (Å²) in [5.41, 5.74) is 2.08. The van der Waals surface area contributed by atoms with Crippen LogP contribution in [-0.4, -0.2) is 35.3 Å². The number of carbonyl (C=O) groups excluding carboxylic acids is 4. The first-order valence-corrected chi connectivity index (χ1v) is 12.9. The molecule has 6 rings (SSSR count). The zero-order valence-corrected chi connectivity index (χ0v) is 21.8. The van der Waals surface area contributed by atoms with Crippen LogP contribution in [0.2, 0.25) is 0 Å². The highest BCUT2D eigenvalue weighted by molar-refractivity contribution is 9.10. The SMILES string of the molecule is CC(=O)Nc1cccc2c1C=C[C@H]1N2[C@H](C(C)=O)[C@@H](c2ccc(Br)cc2)C12C(=O)c1ccccc1C2=O. The maximum atomic E-state index is 14.4. The van der Waals surface area contributed by atoms with Crippen LogP contribution < -0.4 is 10.2 Å². The molecule has 0 saturated carbocycles. The summed E-state index contributed by atoms with van der Waals surface area (Å²) in [6, 6.07) is 18.5. The van der Waals surface area contributed by atoms with Crippen molar-refractivity contribution in [3.63, 3.8) is 0 Å². The van der Waals surface area contributed by atoms with E-state index >= 15 is 0 Å². The average Bonchev–Trinajstić information content (AvgIpc) is 3.31. The number of carbonyl (C=O) groups is 4. The zero-order chi connectivity index (χ0) is 26.1. The van der Waals surface area contributed by atoms with Gasteiger partial charge in [-0.3, -0.25) is 19.2 Å². The van der Waals surface area contributed by atoms with Gasteiger partial charge in [-0.2, -0.15) is 0 Å². The molecule has 7 heteroatoms. The van der Waals surface area contributed by atoms with Crippen molar-refractivity contribution >= 4 is 56.6 Å². The molecule has 1 fully saturated rings. The van der Waals surface area contributed by atoms with Crippen LogP contribution in [-0.2, 0) is 9.59 Å². The van der Waals surface area contributed by atoms with Crippen molar-refractivity contribution in [3.05, 3.63) is 99.5 Å². The quantitative estimate of drug-likeness (QED) is 0.436. The van der Waals surface area contributed by atoms with E-state index in [0.29, 0.717) is 22.5 Å². The van der Waals surface area contributed by atoms with Crippen LogP contribution in [0.5, 0.6) is 0 Å². The Kier molecular flexibility index (Phi) is 5.31. The zero-order valence-electron chi connectivity index (χ0n) is 20.2. The number of hydrogen-bond acceptors (Lipinski definition) is 5. The molecule has 37 heavy (non-hydrogen) atoms. The molecule has 0 radical (unpaired) electrons. The lowest BCUT2D eigenvalue weighted by Crippen LogP contribution is -2.48. The van der Waals surface area contributed by atoms with E-state index in [2.05, 4.69) is 21.2 Å². The van der Waals surface area contributed by atoms with Crippen LogP contribution in [0.25, 0.3) is 6.08 Å². The second-order valence-corrected chi connectivity index (χ2v) is 10.7. The minimum Gasteiger partial charge on any atom is -0.352 e. The predicted molar refractivity (Wildman–Crippen MR) is 145 cm³/mol. The van der Waals surface area contributed by atoms with Gasteiger partial charge in [-0.15, -0.1) is 0 Å². The molecule has 0 bridgehead atoms. The summed E-state index contributed by atoms with van der Waals surface area (Å²) < 4.78 is 0.859. The summed E-state index contributed by atoms with van der Waals surface area (Å²) in [6.07, 6.45) is 3.71. The van der Waals surface area contributed by atoms with Gasteiger partial charge in [0.15, 0.2) is 17.3 Å². The van der Waals surface area contributed by atoms with E-state index in [0.717, 1.165) is 15.6 Å². The van der Waals surface area contributed by atoms with Crippen LogP contribution >= 0.6 is 15.9 Å². The molecule has 2 aliphatic heterocycles. The summed E-state index contributed by atoms with van der Waals surface area (Å²) in [6.45, 7) is 2.95. The summed E-state index contributed by atoms with van der Waals surface area (Å²) >= 11 is 3.47. The Morgan fingerprint density at radius 2 is 1.54 bits per heavy atom. The molecule has 3 aromatic carbocycles. The number of hydrogen-bond donors (Lipinski definition) is 1. The number of amides is 1. The van der Waals surface area contributed by atoms with Crippen molar-refractivity contribution < 1.29 is 19.2 Å². The van der Waals surface area contributed by atoms with E-state index in [1.54, 1.807) is 30.3 Å². The Morgan fingerprint density at radius 3 is 2.14 bits per heavy atom. The molecular weight excluding hydrogens is 532 g/mol. The summed E-state index contributed by atoms with van der Waals surface area (Å²) in [7, 11) is 0. The van der Waals surface area contributed by atoms with E-state index in [4.69, 9.17) is 0 Å². The van der Waals surface area contributed by atoms with Gasteiger partial charge in [0.1, 0.15) is 5.41 Å². The first kappa shape index (κ1) is 23.6. The van der Waals surface area contributed by atoms with Gasteiger partial charge in [0.2, 0.25) is 5.91 Å². The molecule has 3 aliphatic rings. The number of Topliss-reactive ketones (excluding diaryl/α,β-unsaturated/α-hetero) is 3. The number of fused-ring (bicyclic) bond motifs is 5. The minimum atomic E-state index is -1.51. The van der Waals surface area contributed by atoms with Crippen molar-refractivity contribution in [2.75, 3.05) is 10.2 Å². The average molecular weight is 555 g/mol. The second-order valence-electron chi connectivity index (χ2n) is 9.79. The monoisotopic (exact) mass is 554 g/mol. The topological polar surface area (TPSA) is 83.6 Å². The minimum absolute atomic E-state index is 0.141. The fraction of sp³-hybridized carbons (Fsp3) is 0.200. The fourth-order valence-electron chi connectivity index (χ4n) is 6.49. The first-order chi connectivity index (χ1) is 17.8. The number of nitrogens with one attached hydrogen (secondary N) is 1. The number of nitrogens with zero attached hydrogens (tertiary/aromatic N) is 1. The number of halogens is 1. The summed E-state index contributed by atoms with van der Waals surface area (Å²) in [5, 5.41) is 2.86. The van der Waals surface area contributed by atoms with Crippen molar-refractivity contribution in [2.24, 2.45) is 5.41 Å². The molecule has 2 heterocycles. The van der Waals surface area contributed by atoms with Crippen LogP contribution in [0.1, 0.15) is 51.6 Å². The third kappa shape index (κ3) is 3.16. The molecule has 3 aromatic rings. The molecule has 1 amide bonds.